The van der Waals surface area contributed by atoms with Gasteiger partial charge in [-0.25, -0.2) is 8.78 Å². The summed E-state index contributed by atoms with van der Waals surface area (Å²) >= 11 is 0. The Balaban J connectivity index is 1.67. The van der Waals surface area contributed by atoms with Gasteiger partial charge >= 0.3 is 0 Å². The molecule has 5 nitrogen and oxygen atoms in total. The summed E-state index contributed by atoms with van der Waals surface area (Å²) < 4.78 is 28.3. The number of hydrogen-bond acceptors (Lipinski definition) is 4. The fourth-order valence-corrected chi connectivity index (χ4v) is 2.75. The molecule has 0 saturated carbocycles. The topological polar surface area (TPSA) is 54.2 Å². The van der Waals surface area contributed by atoms with Gasteiger partial charge in [-0.1, -0.05) is 13.0 Å². The highest BCUT2D eigenvalue weighted by atomic mass is 19.2. The highest BCUT2D eigenvalue weighted by molar-refractivity contribution is 5.20. The number of aryl methyl sites for hydroxylation is 1. The van der Waals surface area contributed by atoms with E-state index in [-0.39, 0.29) is 0 Å². The van der Waals surface area contributed by atoms with E-state index in [0.29, 0.717) is 18.7 Å². The molecule has 2 heterocycles. The lowest BCUT2D eigenvalue weighted by Crippen LogP contribution is -2.37. The average molecular weight is 308 g/mol. The molecule has 1 atom stereocenters. The number of aliphatic hydroxyl groups is 1. The van der Waals surface area contributed by atoms with Crippen LogP contribution in [0.1, 0.15) is 30.2 Å². The molecule has 0 bridgehead atoms. The Bertz CT molecular complexity index is 674. The maximum Gasteiger partial charge on any atom is 0.159 e. The molecule has 1 aromatic carbocycles. The first-order valence-electron chi connectivity index (χ1n) is 7.34. The summed E-state index contributed by atoms with van der Waals surface area (Å²) in [5.41, 5.74) is 0.375. The van der Waals surface area contributed by atoms with Crippen molar-refractivity contribution >= 4 is 0 Å². The first-order valence-corrected chi connectivity index (χ1v) is 7.34. The summed E-state index contributed by atoms with van der Waals surface area (Å²) in [5, 5.41) is 18.5. The molecule has 0 radical (unpaired) electrons. The first kappa shape index (κ1) is 15.1. The summed E-state index contributed by atoms with van der Waals surface area (Å²) in [6.07, 6.45) is -0.0278. The van der Waals surface area contributed by atoms with Crippen LogP contribution in [-0.2, 0) is 19.5 Å². The zero-order chi connectivity index (χ0) is 15.7. The normalized spacial score (nSPS) is 16.5. The van der Waals surface area contributed by atoms with Crippen LogP contribution in [0.25, 0.3) is 0 Å². The number of nitrogens with zero attached hydrogens (tertiary/aromatic N) is 4. The van der Waals surface area contributed by atoms with Gasteiger partial charge in [0.05, 0.1) is 12.6 Å². The second kappa shape index (κ2) is 6.10. The third-order valence-corrected chi connectivity index (χ3v) is 3.98. The van der Waals surface area contributed by atoms with Crippen molar-refractivity contribution in [1.82, 2.24) is 19.7 Å². The predicted molar refractivity (Wildman–Crippen MR) is 76.0 cm³/mol. The molecule has 7 heteroatoms. The van der Waals surface area contributed by atoms with Crippen LogP contribution in [0.3, 0.4) is 0 Å². The van der Waals surface area contributed by atoms with Crippen LogP contribution in [0.2, 0.25) is 0 Å². The number of halogens is 2. The Morgan fingerprint density at radius 3 is 2.77 bits per heavy atom. The molecule has 1 aromatic heterocycles. The molecule has 118 valence electrons. The molecule has 22 heavy (non-hydrogen) atoms. The number of aliphatic hydroxyl groups excluding tert-OH is 1. The predicted octanol–water partition coefficient (Wildman–Crippen LogP) is 1.67. The van der Waals surface area contributed by atoms with E-state index in [2.05, 4.69) is 14.8 Å². The maximum absolute atomic E-state index is 13.2. The van der Waals surface area contributed by atoms with Gasteiger partial charge in [-0.3, -0.25) is 4.90 Å². The van der Waals surface area contributed by atoms with Crippen molar-refractivity contribution in [2.24, 2.45) is 0 Å². The molecule has 1 unspecified atom stereocenters. The van der Waals surface area contributed by atoms with Crippen molar-refractivity contribution in [3.63, 3.8) is 0 Å². The smallest absolute Gasteiger partial charge is 0.159 e. The molecule has 0 aliphatic carbocycles. The second-order valence-electron chi connectivity index (χ2n) is 5.46. The van der Waals surface area contributed by atoms with Crippen molar-refractivity contribution < 1.29 is 13.9 Å². The molecule has 1 N–H and O–H groups in total. The van der Waals surface area contributed by atoms with Crippen molar-refractivity contribution in [3.05, 3.63) is 47.0 Å². The van der Waals surface area contributed by atoms with E-state index in [1.54, 1.807) is 0 Å². The Hall–Kier alpha value is -1.86. The van der Waals surface area contributed by atoms with Crippen LogP contribution in [0.4, 0.5) is 8.78 Å². The summed E-state index contributed by atoms with van der Waals surface area (Å²) in [6, 6.07) is 3.49. The molecule has 3 rings (SSSR count). The number of β-amino-alcohol motifs (C(OH)–C–C–N with tert-alkyl or cyclic N) is 1. The number of benzene rings is 1. The maximum atomic E-state index is 13.2. The Morgan fingerprint density at radius 2 is 2.05 bits per heavy atom. The van der Waals surface area contributed by atoms with Gasteiger partial charge in [0.25, 0.3) is 0 Å². The number of hydrogen-bond donors (Lipinski definition) is 1. The zero-order valence-corrected chi connectivity index (χ0v) is 12.3. The molecule has 1 aliphatic heterocycles. The summed E-state index contributed by atoms with van der Waals surface area (Å²) in [4.78, 5) is 2.04. The Kier molecular flexibility index (Phi) is 4.17. The van der Waals surface area contributed by atoms with Gasteiger partial charge in [0.2, 0.25) is 0 Å². The van der Waals surface area contributed by atoms with E-state index >= 15 is 0 Å². The van der Waals surface area contributed by atoms with E-state index in [1.807, 2.05) is 11.8 Å². The van der Waals surface area contributed by atoms with Gasteiger partial charge in [0.1, 0.15) is 11.6 Å². The van der Waals surface area contributed by atoms with E-state index in [4.69, 9.17) is 0 Å². The van der Waals surface area contributed by atoms with E-state index in [0.717, 1.165) is 43.3 Å². The third-order valence-electron chi connectivity index (χ3n) is 3.98. The first-order chi connectivity index (χ1) is 10.6. The van der Waals surface area contributed by atoms with Crippen LogP contribution < -0.4 is 0 Å². The quantitative estimate of drug-likeness (QED) is 0.933. The lowest BCUT2D eigenvalue weighted by Gasteiger charge is -2.29. The van der Waals surface area contributed by atoms with Gasteiger partial charge in [-0.15, -0.1) is 10.2 Å². The minimum Gasteiger partial charge on any atom is -0.387 e. The van der Waals surface area contributed by atoms with Gasteiger partial charge < -0.3 is 9.67 Å². The summed E-state index contributed by atoms with van der Waals surface area (Å²) in [7, 11) is 0. The molecule has 0 saturated heterocycles. The Labute approximate surface area is 127 Å². The molecule has 2 aromatic rings. The highest BCUT2D eigenvalue weighted by Crippen LogP contribution is 2.20. The van der Waals surface area contributed by atoms with Crippen LogP contribution in [0.5, 0.6) is 0 Å². The number of rotatable bonds is 4. The van der Waals surface area contributed by atoms with Crippen molar-refractivity contribution in [1.29, 1.82) is 0 Å². The Morgan fingerprint density at radius 1 is 1.23 bits per heavy atom. The van der Waals surface area contributed by atoms with Crippen LogP contribution in [-0.4, -0.2) is 37.9 Å². The van der Waals surface area contributed by atoms with Gasteiger partial charge in [0, 0.05) is 26.1 Å². The van der Waals surface area contributed by atoms with Crippen molar-refractivity contribution in [3.8, 4) is 0 Å². The highest BCUT2D eigenvalue weighted by Gasteiger charge is 2.23. The van der Waals surface area contributed by atoms with E-state index < -0.39 is 17.7 Å². The third kappa shape index (κ3) is 2.86. The van der Waals surface area contributed by atoms with Crippen molar-refractivity contribution in [2.45, 2.75) is 32.5 Å². The lowest BCUT2D eigenvalue weighted by molar-refractivity contribution is 0.0956. The van der Waals surface area contributed by atoms with E-state index in [1.165, 1.54) is 6.07 Å². The molecular formula is C15H18F2N4O. The van der Waals surface area contributed by atoms with E-state index in [9.17, 15) is 13.9 Å². The number of fused-ring (bicyclic) bond motifs is 1. The average Bonchev–Trinajstić information content (AvgIpc) is 2.92. The van der Waals surface area contributed by atoms with Crippen molar-refractivity contribution in [2.75, 3.05) is 13.1 Å². The fourth-order valence-electron chi connectivity index (χ4n) is 2.75. The molecule has 1 aliphatic rings. The monoisotopic (exact) mass is 308 g/mol. The van der Waals surface area contributed by atoms with Crippen LogP contribution >= 0.6 is 0 Å². The SMILES string of the molecule is CCc1nnc2n1CCN(CC(O)c1ccc(F)c(F)c1)C2. The van der Waals surface area contributed by atoms with Crippen LogP contribution in [0.15, 0.2) is 18.2 Å². The zero-order valence-electron chi connectivity index (χ0n) is 12.3. The summed E-state index contributed by atoms with van der Waals surface area (Å²) in [5.74, 6) is -0.00645. The van der Waals surface area contributed by atoms with Gasteiger partial charge in [0.15, 0.2) is 11.6 Å². The van der Waals surface area contributed by atoms with Gasteiger partial charge in [-0.05, 0) is 17.7 Å². The standard InChI is InChI=1S/C15H18F2N4O/c1-2-14-18-19-15-9-20(5-6-21(14)15)8-13(22)10-3-4-11(16)12(17)7-10/h3-4,7,13,22H,2,5-6,8-9H2,1H3. The summed E-state index contributed by atoms with van der Waals surface area (Å²) in [6.45, 7) is 4.51. The number of aromatic nitrogens is 3. The van der Waals surface area contributed by atoms with Gasteiger partial charge in [-0.2, -0.15) is 0 Å². The largest absolute Gasteiger partial charge is 0.387 e. The second-order valence-corrected chi connectivity index (χ2v) is 5.46. The van der Waals surface area contributed by atoms with Crippen LogP contribution in [0, 0.1) is 11.6 Å². The molecular weight excluding hydrogens is 290 g/mol. The molecule has 0 spiro atoms. The fraction of sp³-hybridized carbons (Fsp3) is 0.467. The molecule has 0 fully saturated rings. The molecule has 0 amide bonds. The minimum atomic E-state index is -0.942. The lowest BCUT2D eigenvalue weighted by atomic mass is 10.1. The minimum absolute atomic E-state index is 0.347.